The van der Waals surface area contributed by atoms with Gasteiger partial charge in [-0.2, -0.15) is 0 Å². The van der Waals surface area contributed by atoms with Crippen LogP contribution in [0.4, 0.5) is 0 Å². The van der Waals surface area contributed by atoms with Crippen molar-refractivity contribution >= 4 is 9.84 Å². The highest BCUT2D eigenvalue weighted by atomic mass is 32.2. The molecule has 20 heavy (non-hydrogen) atoms. The molecule has 5 heteroatoms. The van der Waals surface area contributed by atoms with Crippen LogP contribution >= 0.6 is 0 Å². The lowest BCUT2D eigenvalue weighted by molar-refractivity contribution is 0.284. The van der Waals surface area contributed by atoms with Crippen LogP contribution < -0.4 is 5.32 Å². The Bertz CT molecular complexity index is 543. The zero-order valence-corrected chi connectivity index (χ0v) is 13.1. The fourth-order valence-corrected chi connectivity index (χ4v) is 4.53. The van der Waals surface area contributed by atoms with Crippen molar-refractivity contribution in [3.63, 3.8) is 0 Å². The molecule has 0 amide bonds. The quantitative estimate of drug-likeness (QED) is 0.834. The molecule has 1 aliphatic heterocycles. The van der Waals surface area contributed by atoms with Gasteiger partial charge in [-0.3, -0.25) is 0 Å². The summed E-state index contributed by atoms with van der Waals surface area (Å²) in [4.78, 5) is 2.88. The summed E-state index contributed by atoms with van der Waals surface area (Å²) in [5.74, 6) is 0.187. The van der Waals surface area contributed by atoms with E-state index in [1.54, 1.807) is 12.1 Å². The first kappa shape index (κ1) is 15.5. The van der Waals surface area contributed by atoms with Crippen LogP contribution in [0.25, 0.3) is 0 Å². The van der Waals surface area contributed by atoms with E-state index in [1.165, 1.54) is 0 Å². The second kappa shape index (κ2) is 6.70. The standard InChI is InChI=1S/C15H24N2O2S/c1-3-10-17(4-2)11-9-16-14-12-20(18,19)15-8-6-5-7-13(14)15/h5-8,14,16H,3-4,9-12H2,1-2H3. The van der Waals surface area contributed by atoms with E-state index < -0.39 is 9.84 Å². The van der Waals surface area contributed by atoms with Gasteiger partial charge in [0.05, 0.1) is 10.6 Å². The van der Waals surface area contributed by atoms with Crippen molar-refractivity contribution in [2.75, 3.05) is 31.9 Å². The second-order valence-electron chi connectivity index (χ2n) is 5.26. The van der Waals surface area contributed by atoms with E-state index in [4.69, 9.17) is 0 Å². The van der Waals surface area contributed by atoms with E-state index in [9.17, 15) is 8.42 Å². The highest BCUT2D eigenvalue weighted by Crippen LogP contribution is 2.32. The predicted molar refractivity (Wildman–Crippen MR) is 81.6 cm³/mol. The van der Waals surface area contributed by atoms with Crippen LogP contribution in [0.2, 0.25) is 0 Å². The third kappa shape index (κ3) is 3.40. The molecule has 0 spiro atoms. The highest BCUT2D eigenvalue weighted by molar-refractivity contribution is 7.91. The first-order chi connectivity index (χ1) is 9.58. The minimum atomic E-state index is -3.10. The van der Waals surface area contributed by atoms with E-state index in [-0.39, 0.29) is 11.8 Å². The molecule has 0 radical (unpaired) electrons. The van der Waals surface area contributed by atoms with Crippen LogP contribution in [0.3, 0.4) is 0 Å². The van der Waals surface area contributed by atoms with Crippen LogP contribution in [0.5, 0.6) is 0 Å². The molecule has 1 heterocycles. The Kier molecular flexibility index (Phi) is 5.18. The average molecular weight is 296 g/mol. The first-order valence-electron chi connectivity index (χ1n) is 7.36. The molecule has 1 unspecified atom stereocenters. The largest absolute Gasteiger partial charge is 0.308 e. The summed E-state index contributed by atoms with van der Waals surface area (Å²) in [6.07, 6.45) is 1.15. The zero-order valence-electron chi connectivity index (χ0n) is 12.3. The summed E-state index contributed by atoms with van der Waals surface area (Å²) in [5, 5.41) is 3.40. The van der Waals surface area contributed by atoms with Gasteiger partial charge in [0.25, 0.3) is 0 Å². The normalized spacial score (nSPS) is 20.2. The average Bonchev–Trinajstić information content (AvgIpc) is 2.70. The van der Waals surface area contributed by atoms with Gasteiger partial charge in [-0.1, -0.05) is 32.0 Å². The maximum atomic E-state index is 12.1. The van der Waals surface area contributed by atoms with Crippen molar-refractivity contribution in [1.29, 1.82) is 0 Å². The first-order valence-corrected chi connectivity index (χ1v) is 9.01. The molecule has 4 nitrogen and oxygen atoms in total. The number of rotatable bonds is 7. The van der Waals surface area contributed by atoms with Crippen LogP contribution in [0.1, 0.15) is 31.9 Å². The van der Waals surface area contributed by atoms with Crippen LogP contribution in [-0.2, 0) is 9.84 Å². The topological polar surface area (TPSA) is 49.4 Å². The summed E-state index contributed by atoms with van der Waals surface area (Å²) in [5.41, 5.74) is 0.922. The molecule has 0 aromatic heterocycles. The maximum Gasteiger partial charge on any atom is 0.180 e. The van der Waals surface area contributed by atoms with Gasteiger partial charge in [-0.25, -0.2) is 8.42 Å². The van der Waals surface area contributed by atoms with Crippen LogP contribution in [0.15, 0.2) is 29.2 Å². The smallest absolute Gasteiger partial charge is 0.180 e. The zero-order chi connectivity index (χ0) is 14.6. The Morgan fingerprint density at radius 3 is 2.70 bits per heavy atom. The fourth-order valence-electron chi connectivity index (χ4n) is 2.76. The van der Waals surface area contributed by atoms with Gasteiger partial charge in [-0.15, -0.1) is 0 Å². The molecule has 0 bridgehead atoms. The maximum absolute atomic E-state index is 12.1. The summed E-state index contributed by atoms with van der Waals surface area (Å²) in [6.45, 7) is 8.25. The van der Waals surface area contributed by atoms with Crippen molar-refractivity contribution in [3.8, 4) is 0 Å². The number of benzene rings is 1. The number of likely N-dealkylation sites (N-methyl/N-ethyl adjacent to an activating group) is 1. The van der Waals surface area contributed by atoms with Gasteiger partial charge >= 0.3 is 0 Å². The van der Waals surface area contributed by atoms with Crippen molar-refractivity contribution in [2.45, 2.75) is 31.2 Å². The van der Waals surface area contributed by atoms with Gasteiger partial charge in [0, 0.05) is 19.1 Å². The summed E-state index contributed by atoms with van der Waals surface area (Å²) < 4.78 is 24.1. The van der Waals surface area contributed by atoms with Gasteiger partial charge in [0.2, 0.25) is 0 Å². The van der Waals surface area contributed by atoms with E-state index in [1.807, 2.05) is 12.1 Å². The van der Waals surface area contributed by atoms with E-state index >= 15 is 0 Å². The van der Waals surface area contributed by atoms with Crippen molar-refractivity contribution < 1.29 is 8.42 Å². The molecule has 112 valence electrons. The number of fused-ring (bicyclic) bond motifs is 1. The summed E-state index contributed by atoms with van der Waals surface area (Å²) in [6, 6.07) is 7.27. The van der Waals surface area contributed by atoms with E-state index in [2.05, 4.69) is 24.1 Å². The molecule has 1 aromatic carbocycles. The molecule has 1 aromatic rings. The molecule has 0 aliphatic carbocycles. The third-order valence-corrected chi connectivity index (χ3v) is 5.64. The molecular formula is C15H24N2O2S. The summed E-state index contributed by atoms with van der Waals surface area (Å²) in [7, 11) is -3.10. The SMILES string of the molecule is CCCN(CC)CCNC1CS(=O)(=O)c2ccccc21. The molecular weight excluding hydrogens is 272 g/mol. The predicted octanol–water partition coefficient (Wildman–Crippen LogP) is 1.84. The van der Waals surface area contributed by atoms with E-state index in [0.29, 0.717) is 4.90 Å². The van der Waals surface area contributed by atoms with Gasteiger partial charge in [0.1, 0.15) is 0 Å². The second-order valence-corrected chi connectivity index (χ2v) is 7.26. The molecule has 1 aliphatic rings. The Balaban J connectivity index is 1.96. The molecule has 0 saturated heterocycles. The number of nitrogens with one attached hydrogen (secondary N) is 1. The van der Waals surface area contributed by atoms with Gasteiger partial charge in [-0.05, 0) is 31.1 Å². The Hall–Kier alpha value is -0.910. The number of hydrogen-bond donors (Lipinski definition) is 1. The van der Waals surface area contributed by atoms with Crippen LogP contribution in [0, 0.1) is 0 Å². The van der Waals surface area contributed by atoms with Gasteiger partial charge in [0.15, 0.2) is 9.84 Å². The third-order valence-electron chi connectivity index (χ3n) is 3.82. The van der Waals surface area contributed by atoms with E-state index in [0.717, 1.165) is 38.2 Å². The highest BCUT2D eigenvalue weighted by Gasteiger charge is 2.33. The fraction of sp³-hybridized carbons (Fsp3) is 0.600. The lowest BCUT2D eigenvalue weighted by Gasteiger charge is -2.21. The summed E-state index contributed by atoms with van der Waals surface area (Å²) >= 11 is 0. The van der Waals surface area contributed by atoms with Crippen molar-refractivity contribution in [3.05, 3.63) is 29.8 Å². The number of sulfone groups is 1. The van der Waals surface area contributed by atoms with Crippen molar-refractivity contribution in [1.82, 2.24) is 10.2 Å². The molecule has 0 fully saturated rings. The molecule has 0 saturated carbocycles. The molecule has 1 atom stereocenters. The van der Waals surface area contributed by atoms with Gasteiger partial charge < -0.3 is 10.2 Å². The number of nitrogens with zero attached hydrogens (tertiary/aromatic N) is 1. The lowest BCUT2D eigenvalue weighted by Crippen LogP contribution is -2.34. The lowest BCUT2D eigenvalue weighted by atomic mass is 10.1. The number of hydrogen-bond acceptors (Lipinski definition) is 4. The Labute approximate surface area is 122 Å². The van der Waals surface area contributed by atoms with Crippen LogP contribution in [-0.4, -0.2) is 45.2 Å². The Morgan fingerprint density at radius 2 is 2.00 bits per heavy atom. The minimum absolute atomic E-state index is 0.0588. The minimum Gasteiger partial charge on any atom is -0.308 e. The molecule has 1 N–H and O–H groups in total. The van der Waals surface area contributed by atoms with Crippen molar-refractivity contribution in [2.24, 2.45) is 0 Å². The molecule has 2 rings (SSSR count). The monoisotopic (exact) mass is 296 g/mol. The Morgan fingerprint density at radius 1 is 1.25 bits per heavy atom.